The first-order valence-electron chi connectivity index (χ1n) is 9.81. The fourth-order valence-electron chi connectivity index (χ4n) is 3.87. The van der Waals surface area contributed by atoms with Crippen LogP contribution in [0.4, 0.5) is 5.95 Å². The summed E-state index contributed by atoms with van der Waals surface area (Å²) in [6.07, 6.45) is 7.31. The van der Waals surface area contributed by atoms with E-state index in [0.717, 1.165) is 54.9 Å². The molecule has 1 unspecified atom stereocenters. The Bertz CT molecular complexity index is 801. The van der Waals surface area contributed by atoms with Gasteiger partial charge in [0, 0.05) is 19.5 Å². The van der Waals surface area contributed by atoms with Crippen molar-refractivity contribution in [1.82, 2.24) is 14.8 Å². The number of piperidine rings is 1. The van der Waals surface area contributed by atoms with E-state index in [4.69, 9.17) is 4.74 Å². The molecule has 7 heteroatoms. The molecule has 2 fully saturated rings. The lowest BCUT2D eigenvalue weighted by atomic mass is 9.99. The molecule has 1 saturated carbocycles. The molecule has 2 heterocycles. The highest BCUT2D eigenvalue weighted by molar-refractivity contribution is 8.00. The summed E-state index contributed by atoms with van der Waals surface area (Å²) in [6, 6.07) is 7.95. The molecule has 1 atom stereocenters. The number of Topliss-reactive ketones (excluding diaryl/α,β-unsaturated/α-hetero) is 1. The van der Waals surface area contributed by atoms with Crippen LogP contribution in [-0.4, -0.2) is 46.0 Å². The second-order valence-electron chi connectivity index (χ2n) is 7.16. The van der Waals surface area contributed by atoms with Gasteiger partial charge in [0.2, 0.25) is 5.95 Å². The van der Waals surface area contributed by atoms with E-state index in [-0.39, 0.29) is 5.25 Å². The number of benzene rings is 1. The normalized spacial score (nSPS) is 20.7. The van der Waals surface area contributed by atoms with Crippen LogP contribution in [0.15, 0.2) is 29.4 Å². The number of thioether (sulfide) groups is 1. The van der Waals surface area contributed by atoms with Gasteiger partial charge >= 0.3 is 0 Å². The van der Waals surface area contributed by atoms with E-state index in [1.807, 2.05) is 24.3 Å². The predicted molar refractivity (Wildman–Crippen MR) is 107 cm³/mol. The van der Waals surface area contributed by atoms with E-state index in [1.54, 1.807) is 18.9 Å². The van der Waals surface area contributed by atoms with Crippen molar-refractivity contribution in [3.8, 4) is 11.4 Å². The maximum atomic E-state index is 12.4. The van der Waals surface area contributed by atoms with E-state index in [0.29, 0.717) is 12.2 Å². The largest absolute Gasteiger partial charge is 0.495 e. The SMILES string of the molecule is COc1ccccc1-n1c(SC2CCCCC2=O)nnc1N1CCCCC1. The van der Waals surface area contributed by atoms with Gasteiger partial charge in [0.15, 0.2) is 5.16 Å². The van der Waals surface area contributed by atoms with Crippen molar-refractivity contribution in [2.45, 2.75) is 55.4 Å². The van der Waals surface area contributed by atoms with Crippen molar-refractivity contribution >= 4 is 23.5 Å². The molecule has 6 nitrogen and oxygen atoms in total. The van der Waals surface area contributed by atoms with E-state index >= 15 is 0 Å². The van der Waals surface area contributed by atoms with Gasteiger partial charge in [-0.15, -0.1) is 10.2 Å². The molecule has 0 bridgehead atoms. The van der Waals surface area contributed by atoms with Crippen molar-refractivity contribution in [2.24, 2.45) is 0 Å². The van der Waals surface area contributed by atoms with Gasteiger partial charge in [-0.1, -0.05) is 30.3 Å². The number of rotatable bonds is 5. The minimum Gasteiger partial charge on any atom is -0.495 e. The lowest BCUT2D eigenvalue weighted by molar-refractivity contribution is -0.119. The molecular formula is C20H26N4O2S. The molecular weight excluding hydrogens is 360 g/mol. The van der Waals surface area contributed by atoms with Gasteiger partial charge in [0.25, 0.3) is 0 Å². The van der Waals surface area contributed by atoms with Gasteiger partial charge in [-0.2, -0.15) is 0 Å². The summed E-state index contributed by atoms with van der Waals surface area (Å²) in [5, 5.41) is 9.79. The Hall–Kier alpha value is -2.02. The number of para-hydroxylation sites is 2. The van der Waals surface area contributed by atoms with Crippen LogP contribution in [-0.2, 0) is 4.79 Å². The Morgan fingerprint density at radius 1 is 1.07 bits per heavy atom. The van der Waals surface area contributed by atoms with E-state index in [2.05, 4.69) is 19.7 Å². The Morgan fingerprint density at radius 2 is 1.89 bits per heavy atom. The third-order valence-electron chi connectivity index (χ3n) is 5.33. The minimum atomic E-state index is -0.0226. The van der Waals surface area contributed by atoms with Crippen LogP contribution < -0.4 is 9.64 Å². The quantitative estimate of drug-likeness (QED) is 0.777. The van der Waals surface area contributed by atoms with Crippen LogP contribution in [0, 0.1) is 0 Å². The zero-order chi connectivity index (χ0) is 18.6. The van der Waals surface area contributed by atoms with Crippen LogP contribution in [0.25, 0.3) is 5.69 Å². The third-order valence-corrected chi connectivity index (χ3v) is 6.59. The highest BCUT2D eigenvalue weighted by Crippen LogP contribution is 2.36. The maximum Gasteiger partial charge on any atom is 0.232 e. The molecule has 1 aliphatic carbocycles. The van der Waals surface area contributed by atoms with Crippen molar-refractivity contribution in [1.29, 1.82) is 0 Å². The molecule has 4 rings (SSSR count). The zero-order valence-electron chi connectivity index (χ0n) is 15.8. The number of ether oxygens (including phenoxy) is 1. The van der Waals surface area contributed by atoms with Crippen molar-refractivity contribution in [3.63, 3.8) is 0 Å². The zero-order valence-corrected chi connectivity index (χ0v) is 16.6. The Balaban J connectivity index is 1.74. The number of hydrogen-bond acceptors (Lipinski definition) is 6. The minimum absolute atomic E-state index is 0.0226. The molecule has 2 aromatic rings. The van der Waals surface area contributed by atoms with Crippen molar-refractivity contribution in [3.05, 3.63) is 24.3 Å². The number of nitrogens with zero attached hydrogens (tertiary/aromatic N) is 4. The van der Waals surface area contributed by atoms with Gasteiger partial charge in [-0.05, 0) is 44.2 Å². The van der Waals surface area contributed by atoms with Crippen LogP contribution in [0.5, 0.6) is 5.75 Å². The smallest absolute Gasteiger partial charge is 0.232 e. The molecule has 1 aliphatic heterocycles. The summed E-state index contributed by atoms with van der Waals surface area (Å²) in [7, 11) is 1.68. The van der Waals surface area contributed by atoms with E-state index in [9.17, 15) is 4.79 Å². The molecule has 1 aromatic carbocycles. The Labute approximate surface area is 164 Å². The molecule has 1 aromatic heterocycles. The van der Waals surface area contributed by atoms with Gasteiger partial charge < -0.3 is 9.64 Å². The molecule has 0 amide bonds. The summed E-state index contributed by atoms with van der Waals surface area (Å²) in [6.45, 7) is 1.97. The lowest BCUT2D eigenvalue weighted by Gasteiger charge is -2.28. The standard InChI is InChI=1S/C20H26N4O2S/c1-26-17-11-5-3-9-15(17)24-19(23-13-7-2-8-14-23)21-22-20(24)27-18-12-6-4-10-16(18)25/h3,5,9,11,18H,2,4,6-8,10,12-14H2,1H3. The number of aromatic nitrogens is 3. The summed E-state index contributed by atoms with van der Waals surface area (Å²) in [5.41, 5.74) is 0.927. The first kappa shape index (κ1) is 18.3. The van der Waals surface area contributed by atoms with Gasteiger partial charge in [0.1, 0.15) is 11.5 Å². The fraction of sp³-hybridized carbons (Fsp3) is 0.550. The Morgan fingerprint density at radius 3 is 2.67 bits per heavy atom. The average Bonchev–Trinajstić information content (AvgIpc) is 3.13. The first-order chi connectivity index (χ1) is 13.3. The first-order valence-corrected chi connectivity index (χ1v) is 10.7. The number of ketones is 1. The topological polar surface area (TPSA) is 60.3 Å². The summed E-state index contributed by atoms with van der Waals surface area (Å²) < 4.78 is 7.69. The summed E-state index contributed by atoms with van der Waals surface area (Å²) >= 11 is 1.56. The number of hydrogen-bond donors (Lipinski definition) is 0. The number of carbonyl (C=O) groups is 1. The molecule has 144 valence electrons. The molecule has 0 N–H and O–H groups in total. The van der Waals surface area contributed by atoms with Gasteiger partial charge in [-0.3, -0.25) is 9.36 Å². The van der Waals surface area contributed by atoms with Crippen LogP contribution in [0.1, 0.15) is 44.9 Å². The van der Waals surface area contributed by atoms with Crippen LogP contribution in [0.3, 0.4) is 0 Å². The molecule has 0 radical (unpaired) electrons. The molecule has 27 heavy (non-hydrogen) atoms. The van der Waals surface area contributed by atoms with Crippen LogP contribution in [0.2, 0.25) is 0 Å². The number of carbonyl (C=O) groups excluding carboxylic acids is 1. The number of methoxy groups -OCH3 is 1. The lowest BCUT2D eigenvalue weighted by Crippen LogP contribution is -2.32. The van der Waals surface area contributed by atoms with E-state index in [1.165, 1.54) is 19.3 Å². The molecule has 2 aliphatic rings. The second kappa shape index (κ2) is 8.33. The highest BCUT2D eigenvalue weighted by atomic mass is 32.2. The van der Waals surface area contributed by atoms with E-state index < -0.39 is 0 Å². The second-order valence-corrected chi connectivity index (χ2v) is 8.33. The van der Waals surface area contributed by atoms with Gasteiger partial charge in [0.05, 0.1) is 18.0 Å². The summed E-state index contributed by atoms with van der Waals surface area (Å²) in [5.74, 6) is 1.97. The van der Waals surface area contributed by atoms with Crippen molar-refractivity contribution in [2.75, 3.05) is 25.1 Å². The third kappa shape index (κ3) is 3.83. The number of anilines is 1. The Kier molecular flexibility index (Phi) is 5.66. The highest BCUT2D eigenvalue weighted by Gasteiger charge is 2.29. The average molecular weight is 387 g/mol. The molecule has 0 spiro atoms. The predicted octanol–water partition coefficient (Wildman–Crippen LogP) is 3.87. The molecule has 1 saturated heterocycles. The maximum absolute atomic E-state index is 12.4. The monoisotopic (exact) mass is 386 g/mol. The summed E-state index contributed by atoms with van der Waals surface area (Å²) in [4.78, 5) is 14.7. The van der Waals surface area contributed by atoms with Crippen LogP contribution >= 0.6 is 11.8 Å². The van der Waals surface area contributed by atoms with Crippen molar-refractivity contribution < 1.29 is 9.53 Å². The van der Waals surface area contributed by atoms with Gasteiger partial charge in [-0.25, -0.2) is 0 Å². The fourth-order valence-corrected chi connectivity index (χ4v) is 5.03.